The Balaban J connectivity index is 1.96. The minimum absolute atomic E-state index is 0.306. The molecule has 4 nitrogen and oxygen atoms in total. The lowest BCUT2D eigenvalue weighted by molar-refractivity contribution is -0.122. The van der Waals surface area contributed by atoms with E-state index in [0.717, 1.165) is 0 Å². The molecule has 0 saturated heterocycles. The van der Waals surface area contributed by atoms with Gasteiger partial charge in [-0.1, -0.05) is 6.07 Å². The van der Waals surface area contributed by atoms with Crippen LogP contribution in [0.1, 0.15) is 6.92 Å². The van der Waals surface area contributed by atoms with Gasteiger partial charge in [0.15, 0.2) is 6.10 Å². The van der Waals surface area contributed by atoms with Gasteiger partial charge in [-0.15, -0.1) is 0 Å². The molecule has 5 heteroatoms. The van der Waals surface area contributed by atoms with Crippen LogP contribution in [0.15, 0.2) is 48.5 Å². The summed E-state index contributed by atoms with van der Waals surface area (Å²) < 4.78 is 18.2. The number of carbonyl (C=O) groups is 1. The molecule has 0 aromatic heterocycles. The van der Waals surface area contributed by atoms with Crippen LogP contribution < -0.4 is 15.8 Å². The predicted molar refractivity (Wildman–Crippen MR) is 76.0 cm³/mol. The first-order valence-corrected chi connectivity index (χ1v) is 6.13. The van der Waals surface area contributed by atoms with E-state index in [9.17, 15) is 9.18 Å². The molecule has 0 radical (unpaired) electrons. The van der Waals surface area contributed by atoms with E-state index in [-0.39, 0.29) is 11.7 Å². The summed E-state index contributed by atoms with van der Waals surface area (Å²) in [7, 11) is 0. The molecule has 2 aromatic rings. The molecular weight excluding hydrogens is 259 g/mol. The normalized spacial score (nSPS) is 11.7. The second-order valence-corrected chi connectivity index (χ2v) is 4.33. The van der Waals surface area contributed by atoms with Crippen LogP contribution in [0.4, 0.5) is 15.8 Å². The molecule has 0 heterocycles. The van der Waals surface area contributed by atoms with E-state index < -0.39 is 6.10 Å². The first-order chi connectivity index (χ1) is 9.54. The van der Waals surface area contributed by atoms with Gasteiger partial charge in [0.25, 0.3) is 5.91 Å². The van der Waals surface area contributed by atoms with Gasteiger partial charge in [-0.2, -0.15) is 0 Å². The highest BCUT2D eigenvalue weighted by Gasteiger charge is 2.14. The van der Waals surface area contributed by atoms with Crippen molar-refractivity contribution in [2.24, 2.45) is 0 Å². The largest absolute Gasteiger partial charge is 0.481 e. The molecule has 1 unspecified atom stereocenters. The summed E-state index contributed by atoms with van der Waals surface area (Å²) in [6, 6.07) is 12.4. The lowest BCUT2D eigenvalue weighted by Crippen LogP contribution is -2.30. The molecule has 20 heavy (non-hydrogen) atoms. The Hall–Kier alpha value is -2.56. The van der Waals surface area contributed by atoms with Gasteiger partial charge in [-0.05, 0) is 49.4 Å². The fourth-order valence-corrected chi connectivity index (χ4v) is 1.63. The number of nitrogen functional groups attached to an aromatic ring is 1. The first kappa shape index (κ1) is 13.9. The third kappa shape index (κ3) is 3.71. The molecule has 2 aromatic carbocycles. The number of rotatable bonds is 4. The third-order valence-corrected chi connectivity index (χ3v) is 2.65. The van der Waals surface area contributed by atoms with E-state index in [1.165, 1.54) is 24.3 Å². The number of carbonyl (C=O) groups excluding carboxylic acids is 1. The number of nitrogens with two attached hydrogens (primary N) is 1. The van der Waals surface area contributed by atoms with Crippen molar-refractivity contribution in [1.29, 1.82) is 0 Å². The molecule has 0 aliphatic heterocycles. The van der Waals surface area contributed by atoms with Gasteiger partial charge in [-0.25, -0.2) is 4.39 Å². The summed E-state index contributed by atoms with van der Waals surface area (Å²) in [5.41, 5.74) is 6.80. The molecule has 1 atom stereocenters. The summed E-state index contributed by atoms with van der Waals surface area (Å²) in [5.74, 6) is -0.226. The fraction of sp³-hybridized carbons (Fsp3) is 0.133. The molecule has 0 fully saturated rings. The molecule has 0 bridgehead atoms. The van der Waals surface area contributed by atoms with E-state index in [1.54, 1.807) is 31.2 Å². The number of halogens is 1. The third-order valence-electron chi connectivity index (χ3n) is 2.65. The molecule has 104 valence electrons. The molecule has 0 saturated carbocycles. The molecule has 3 N–H and O–H groups in total. The summed E-state index contributed by atoms with van der Waals surface area (Å²) in [6.45, 7) is 1.62. The number of anilines is 2. The molecule has 0 aliphatic rings. The summed E-state index contributed by atoms with van der Waals surface area (Å²) >= 11 is 0. The standard InChI is InChI=1S/C15H15FN2O2/c1-10(20-14-7-5-11(16)6-8-14)15(19)18-13-4-2-3-12(17)9-13/h2-10H,17H2,1H3,(H,18,19). The van der Waals surface area contributed by atoms with Crippen molar-refractivity contribution < 1.29 is 13.9 Å². The van der Waals surface area contributed by atoms with Crippen LogP contribution in [0.5, 0.6) is 5.75 Å². The Morgan fingerprint density at radius 2 is 1.95 bits per heavy atom. The van der Waals surface area contributed by atoms with Gasteiger partial charge in [-0.3, -0.25) is 4.79 Å². The Kier molecular flexibility index (Phi) is 4.20. The van der Waals surface area contributed by atoms with Crippen molar-refractivity contribution in [2.45, 2.75) is 13.0 Å². The smallest absolute Gasteiger partial charge is 0.265 e. The van der Waals surface area contributed by atoms with Gasteiger partial charge >= 0.3 is 0 Å². The summed E-state index contributed by atoms with van der Waals surface area (Å²) in [5, 5.41) is 2.70. The minimum atomic E-state index is -0.707. The maximum atomic E-state index is 12.8. The second-order valence-electron chi connectivity index (χ2n) is 4.33. The quantitative estimate of drug-likeness (QED) is 0.843. The van der Waals surface area contributed by atoms with Gasteiger partial charge in [0.1, 0.15) is 11.6 Å². The zero-order chi connectivity index (χ0) is 14.5. The average molecular weight is 274 g/mol. The van der Waals surface area contributed by atoms with Crippen molar-refractivity contribution in [1.82, 2.24) is 0 Å². The van der Waals surface area contributed by atoms with E-state index in [1.807, 2.05) is 0 Å². The summed E-state index contributed by atoms with van der Waals surface area (Å²) in [6.07, 6.45) is -0.707. The highest BCUT2D eigenvalue weighted by atomic mass is 19.1. The van der Waals surface area contributed by atoms with Crippen LogP contribution in [0.2, 0.25) is 0 Å². The lowest BCUT2D eigenvalue weighted by atomic mass is 10.2. The lowest BCUT2D eigenvalue weighted by Gasteiger charge is -2.14. The van der Waals surface area contributed by atoms with Crippen LogP contribution in [-0.4, -0.2) is 12.0 Å². The molecule has 0 aliphatic carbocycles. The first-order valence-electron chi connectivity index (χ1n) is 6.13. The zero-order valence-corrected chi connectivity index (χ0v) is 11.0. The van der Waals surface area contributed by atoms with Crippen LogP contribution in [0.3, 0.4) is 0 Å². The van der Waals surface area contributed by atoms with Crippen LogP contribution in [0.25, 0.3) is 0 Å². The van der Waals surface area contributed by atoms with Crippen LogP contribution >= 0.6 is 0 Å². The Morgan fingerprint density at radius 1 is 1.25 bits per heavy atom. The number of amides is 1. The molecule has 0 spiro atoms. The maximum absolute atomic E-state index is 12.8. The van der Waals surface area contributed by atoms with Crippen LogP contribution in [-0.2, 0) is 4.79 Å². The Morgan fingerprint density at radius 3 is 2.60 bits per heavy atom. The van der Waals surface area contributed by atoms with Gasteiger partial charge in [0.05, 0.1) is 0 Å². The minimum Gasteiger partial charge on any atom is -0.481 e. The van der Waals surface area contributed by atoms with Crippen molar-refractivity contribution in [3.63, 3.8) is 0 Å². The molecular formula is C15H15FN2O2. The molecule has 1 amide bonds. The Bertz CT molecular complexity index is 599. The highest BCUT2D eigenvalue weighted by molar-refractivity contribution is 5.94. The SMILES string of the molecule is CC(Oc1ccc(F)cc1)C(=O)Nc1cccc(N)c1. The van der Waals surface area contributed by atoms with Crippen molar-refractivity contribution in [2.75, 3.05) is 11.1 Å². The van der Waals surface area contributed by atoms with E-state index in [2.05, 4.69) is 5.32 Å². The van der Waals surface area contributed by atoms with Crippen molar-refractivity contribution in [3.05, 3.63) is 54.3 Å². The number of nitrogens with one attached hydrogen (secondary N) is 1. The van der Waals surface area contributed by atoms with E-state index >= 15 is 0 Å². The van der Waals surface area contributed by atoms with Gasteiger partial charge in [0, 0.05) is 11.4 Å². The maximum Gasteiger partial charge on any atom is 0.265 e. The van der Waals surface area contributed by atoms with E-state index in [4.69, 9.17) is 10.5 Å². The molecule has 2 rings (SSSR count). The zero-order valence-electron chi connectivity index (χ0n) is 11.0. The van der Waals surface area contributed by atoms with Crippen molar-refractivity contribution in [3.8, 4) is 5.75 Å². The van der Waals surface area contributed by atoms with Crippen LogP contribution in [0, 0.1) is 5.82 Å². The highest BCUT2D eigenvalue weighted by Crippen LogP contribution is 2.15. The van der Waals surface area contributed by atoms with Crippen molar-refractivity contribution >= 4 is 17.3 Å². The number of hydrogen-bond donors (Lipinski definition) is 2. The van der Waals surface area contributed by atoms with E-state index in [0.29, 0.717) is 17.1 Å². The van der Waals surface area contributed by atoms with Gasteiger partial charge < -0.3 is 15.8 Å². The number of ether oxygens (including phenoxy) is 1. The average Bonchev–Trinajstić information content (AvgIpc) is 2.41. The predicted octanol–water partition coefficient (Wildman–Crippen LogP) is 2.81. The Labute approximate surface area is 116 Å². The summed E-state index contributed by atoms with van der Waals surface area (Å²) in [4.78, 5) is 11.9. The number of hydrogen-bond acceptors (Lipinski definition) is 3. The number of benzene rings is 2. The topological polar surface area (TPSA) is 64.3 Å². The fourth-order valence-electron chi connectivity index (χ4n) is 1.63. The van der Waals surface area contributed by atoms with Gasteiger partial charge in [0.2, 0.25) is 0 Å². The second kappa shape index (κ2) is 6.06. The monoisotopic (exact) mass is 274 g/mol.